The van der Waals surface area contributed by atoms with Crippen molar-refractivity contribution in [3.63, 3.8) is 0 Å². The topological polar surface area (TPSA) is 89.6 Å². The Morgan fingerprint density at radius 3 is 2.18 bits per heavy atom. The number of nitrogens with two attached hydrogens (primary N) is 1. The molecule has 4 saturated carbocycles. The lowest BCUT2D eigenvalue weighted by molar-refractivity contribution is -0.192. The normalized spacial score (nSPS) is 38.4. The molecule has 1 amide bonds. The average Bonchev–Trinajstić information content (AvgIpc) is 3.18. The first-order chi connectivity index (χ1) is 18.3. The number of ether oxygens (including phenoxy) is 1. The van der Waals surface area contributed by atoms with Crippen LogP contribution in [0.5, 0.6) is 0 Å². The molecular formula is C33H57NO4. The van der Waals surface area contributed by atoms with E-state index in [2.05, 4.69) is 13.8 Å². The highest BCUT2D eigenvalue weighted by atomic mass is 16.5. The Morgan fingerprint density at radius 1 is 0.895 bits per heavy atom. The van der Waals surface area contributed by atoms with Crippen molar-refractivity contribution < 1.29 is 19.4 Å². The highest BCUT2D eigenvalue weighted by Gasteiger charge is 2.63. The maximum Gasteiger partial charge on any atom is 0.217 e. The zero-order valence-electron chi connectivity index (χ0n) is 24.6. The zero-order chi connectivity index (χ0) is 27.2. The Kier molecular flexibility index (Phi) is 10.8. The molecule has 38 heavy (non-hydrogen) atoms. The van der Waals surface area contributed by atoms with E-state index in [1.54, 1.807) is 0 Å². The van der Waals surface area contributed by atoms with E-state index in [1.807, 2.05) is 0 Å². The van der Waals surface area contributed by atoms with E-state index < -0.39 is 0 Å². The minimum absolute atomic E-state index is 0.00135. The van der Waals surface area contributed by atoms with E-state index in [1.165, 1.54) is 70.6 Å². The number of hydrogen-bond donors (Lipinski definition) is 2. The van der Waals surface area contributed by atoms with Crippen molar-refractivity contribution in [3.8, 4) is 0 Å². The highest BCUT2D eigenvalue weighted by molar-refractivity contribution is 5.79. The van der Waals surface area contributed by atoms with Gasteiger partial charge in [0.1, 0.15) is 5.78 Å². The predicted molar refractivity (Wildman–Crippen MR) is 152 cm³/mol. The molecule has 0 aliphatic heterocycles. The Bertz CT molecular complexity index is 785. The van der Waals surface area contributed by atoms with Crippen molar-refractivity contribution in [2.45, 2.75) is 154 Å². The van der Waals surface area contributed by atoms with Gasteiger partial charge in [-0.1, -0.05) is 71.6 Å². The Hall–Kier alpha value is -0.940. The van der Waals surface area contributed by atoms with Gasteiger partial charge in [0.25, 0.3) is 0 Å². The summed E-state index contributed by atoms with van der Waals surface area (Å²) in [5, 5.41) is 11.0. The summed E-state index contributed by atoms with van der Waals surface area (Å²) >= 11 is 0. The monoisotopic (exact) mass is 531 g/mol. The third kappa shape index (κ3) is 6.85. The van der Waals surface area contributed by atoms with Crippen molar-refractivity contribution in [1.29, 1.82) is 0 Å². The van der Waals surface area contributed by atoms with Crippen molar-refractivity contribution in [3.05, 3.63) is 0 Å². The second-order valence-electron chi connectivity index (χ2n) is 14.1. The fourth-order valence-corrected chi connectivity index (χ4v) is 9.49. The number of aliphatic hydroxyl groups excluding tert-OH is 1. The largest absolute Gasteiger partial charge is 0.393 e. The van der Waals surface area contributed by atoms with Gasteiger partial charge < -0.3 is 15.6 Å². The summed E-state index contributed by atoms with van der Waals surface area (Å²) in [5.74, 6) is 2.64. The fourth-order valence-electron chi connectivity index (χ4n) is 9.49. The first kappa shape index (κ1) is 30.0. The maximum atomic E-state index is 12.3. The lowest BCUT2D eigenvalue weighted by Crippen LogP contribution is -2.60. The van der Waals surface area contributed by atoms with Crippen LogP contribution in [0.4, 0.5) is 0 Å². The molecule has 0 radical (unpaired) electrons. The molecule has 0 spiro atoms. The Labute approximate surface area is 232 Å². The minimum Gasteiger partial charge on any atom is -0.393 e. The Morgan fingerprint density at radius 2 is 1.53 bits per heavy atom. The molecule has 4 fully saturated rings. The van der Waals surface area contributed by atoms with Crippen LogP contribution in [-0.4, -0.2) is 35.6 Å². The van der Waals surface area contributed by atoms with E-state index in [0.29, 0.717) is 35.9 Å². The number of ketones is 1. The van der Waals surface area contributed by atoms with Gasteiger partial charge in [0.15, 0.2) is 0 Å². The third-order valence-electron chi connectivity index (χ3n) is 11.7. The van der Waals surface area contributed by atoms with Gasteiger partial charge in [-0.3, -0.25) is 9.59 Å². The summed E-state index contributed by atoms with van der Waals surface area (Å²) < 4.78 is 6.80. The van der Waals surface area contributed by atoms with Crippen LogP contribution in [0.15, 0.2) is 0 Å². The van der Waals surface area contributed by atoms with Crippen LogP contribution in [0.3, 0.4) is 0 Å². The van der Waals surface area contributed by atoms with Crippen LogP contribution >= 0.6 is 0 Å². The maximum absolute atomic E-state index is 12.3. The third-order valence-corrected chi connectivity index (χ3v) is 11.7. The molecule has 0 aromatic rings. The van der Waals surface area contributed by atoms with Gasteiger partial charge in [0, 0.05) is 25.9 Å². The van der Waals surface area contributed by atoms with E-state index in [-0.39, 0.29) is 28.9 Å². The van der Waals surface area contributed by atoms with Crippen molar-refractivity contribution in [2.75, 3.05) is 6.61 Å². The summed E-state index contributed by atoms with van der Waals surface area (Å²) in [6.45, 7) is 5.68. The van der Waals surface area contributed by atoms with E-state index in [0.717, 1.165) is 58.0 Å². The van der Waals surface area contributed by atoms with Crippen LogP contribution in [0.25, 0.3) is 0 Å². The van der Waals surface area contributed by atoms with Gasteiger partial charge in [0.05, 0.1) is 12.2 Å². The summed E-state index contributed by atoms with van der Waals surface area (Å²) in [6.07, 6.45) is 22.2. The van der Waals surface area contributed by atoms with Gasteiger partial charge in [-0.25, -0.2) is 0 Å². The van der Waals surface area contributed by atoms with Gasteiger partial charge in [0.2, 0.25) is 5.91 Å². The van der Waals surface area contributed by atoms with Crippen LogP contribution in [-0.2, 0) is 14.3 Å². The van der Waals surface area contributed by atoms with E-state index in [9.17, 15) is 14.7 Å². The standard InChI is InChI=1S/C33H57NO4/c1-32-20-19-25(35)22-24(32)15-16-26-27-17-18-29(36)33(27,2)23-28(31(26)32)38-21-13-11-9-7-5-3-4-6-8-10-12-14-30(34)37/h24,26-29,31,36H,3-23H2,1-2H3,(H2,34,37)/t24?,26-,27-,28?,29?,31-,32-,33-/m0/s1. The van der Waals surface area contributed by atoms with Gasteiger partial charge in [-0.2, -0.15) is 0 Å². The first-order valence-corrected chi connectivity index (χ1v) is 16.4. The fraction of sp³-hybridized carbons (Fsp3) is 0.939. The quantitative estimate of drug-likeness (QED) is 0.220. The summed E-state index contributed by atoms with van der Waals surface area (Å²) in [5.41, 5.74) is 5.41. The van der Waals surface area contributed by atoms with Gasteiger partial charge in [-0.15, -0.1) is 0 Å². The van der Waals surface area contributed by atoms with Crippen LogP contribution in [0, 0.1) is 34.5 Å². The molecule has 4 aliphatic carbocycles. The molecule has 4 aliphatic rings. The number of carbonyl (C=O) groups is 2. The van der Waals surface area contributed by atoms with Crippen LogP contribution in [0.2, 0.25) is 0 Å². The number of amides is 1. The number of fused-ring (bicyclic) bond motifs is 5. The smallest absolute Gasteiger partial charge is 0.217 e. The molecule has 0 saturated heterocycles. The van der Waals surface area contributed by atoms with Crippen LogP contribution in [0.1, 0.15) is 142 Å². The number of rotatable bonds is 15. The van der Waals surface area contributed by atoms with Gasteiger partial charge in [-0.05, 0) is 85.9 Å². The molecule has 0 aromatic carbocycles. The average molecular weight is 532 g/mol. The van der Waals surface area contributed by atoms with Crippen molar-refractivity contribution in [1.82, 2.24) is 0 Å². The van der Waals surface area contributed by atoms with Gasteiger partial charge >= 0.3 is 0 Å². The Balaban J connectivity index is 1.18. The highest BCUT2D eigenvalue weighted by Crippen LogP contribution is 2.66. The number of aliphatic hydroxyl groups is 1. The van der Waals surface area contributed by atoms with Crippen molar-refractivity contribution in [2.24, 2.45) is 40.2 Å². The number of hydrogen-bond acceptors (Lipinski definition) is 4. The predicted octanol–water partition coefficient (Wildman–Crippen LogP) is 7.12. The molecule has 4 rings (SSSR count). The summed E-state index contributed by atoms with van der Waals surface area (Å²) in [4.78, 5) is 23.1. The molecule has 3 N–H and O–H groups in total. The second-order valence-corrected chi connectivity index (χ2v) is 14.1. The zero-order valence-corrected chi connectivity index (χ0v) is 24.6. The van der Waals surface area contributed by atoms with E-state index >= 15 is 0 Å². The molecular weight excluding hydrogens is 474 g/mol. The van der Waals surface area contributed by atoms with E-state index in [4.69, 9.17) is 10.5 Å². The van der Waals surface area contributed by atoms with Crippen LogP contribution < -0.4 is 5.73 Å². The molecule has 5 heteroatoms. The molecule has 0 aromatic heterocycles. The number of Topliss-reactive ketones (excluding diaryl/α,β-unsaturated/α-hetero) is 1. The lowest BCUT2D eigenvalue weighted by atomic mass is 9.44. The number of primary amides is 1. The first-order valence-electron chi connectivity index (χ1n) is 16.4. The molecule has 5 nitrogen and oxygen atoms in total. The minimum atomic E-state index is -0.187. The molecule has 218 valence electrons. The molecule has 8 atom stereocenters. The second kappa shape index (κ2) is 13.6. The molecule has 0 bridgehead atoms. The number of unbranched alkanes of at least 4 members (excludes halogenated alkanes) is 10. The SMILES string of the molecule is C[C@]12CCC(=O)CC1CC[C@@H]1[C@H]2C(OCCCCCCCCCCCCCC(N)=O)C[C@]2(C)C(O)CC[C@@H]12. The summed E-state index contributed by atoms with van der Waals surface area (Å²) in [6, 6.07) is 0. The van der Waals surface area contributed by atoms with Crippen molar-refractivity contribution >= 4 is 11.7 Å². The number of carbonyl (C=O) groups excluding carboxylic acids is 2. The lowest BCUT2D eigenvalue weighted by Gasteiger charge is -2.62. The molecule has 3 unspecified atom stereocenters. The molecule has 0 heterocycles. The summed E-state index contributed by atoms with van der Waals surface area (Å²) in [7, 11) is 0.